The topological polar surface area (TPSA) is 68.5 Å². The van der Waals surface area contributed by atoms with Gasteiger partial charge >= 0.3 is 5.97 Å². The Morgan fingerprint density at radius 2 is 1.74 bits per heavy atom. The van der Waals surface area contributed by atoms with Crippen molar-refractivity contribution in [2.75, 3.05) is 6.61 Å². The molecule has 3 aromatic carbocycles. The van der Waals surface area contributed by atoms with E-state index in [4.69, 9.17) is 20.8 Å². The van der Waals surface area contributed by atoms with Gasteiger partial charge in [-0.25, -0.2) is 4.79 Å². The first-order valence-electron chi connectivity index (χ1n) is 11.4. The van der Waals surface area contributed by atoms with Gasteiger partial charge < -0.3 is 14.5 Å². The number of aryl methyl sites for hydroxylation is 1. The summed E-state index contributed by atoms with van der Waals surface area (Å²) in [6.07, 6.45) is 0.715. The average Bonchev–Trinajstić information content (AvgIpc) is 3.37. The highest BCUT2D eigenvalue weighted by Crippen LogP contribution is 2.35. The van der Waals surface area contributed by atoms with Crippen LogP contribution in [0.5, 0.6) is 0 Å². The van der Waals surface area contributed by atoms with Crippen molar-refractivity contribution in [2.24, 2.45) is 0 Å². The van der Waals surface area contributed by atoms with Crippen molar-refractivity contribution in [1.29, 1.82) is 0 Å². The number of carbonyl (C=O) groups excluding carboxylic acids is 2. The summed E-state index contributed by atoms with van der Waals surface area (Å²) in [6.45, 7) is 3.83. The van der Waals surface area contributed by atoms with E-state index in [0.717, 1.165) is 37.7 Å². The van der Waals surface area contributed by atoms with Crippen LogP contribution in [0, 0.1) is 6.92 Å². The summed E-state index contributed by atoms with van der Waals surface area (Å²) in [6, 6.07) is 19.3. The highest BCUT2D eigenvalue weighted by Gasteiger charge is 2.47. The maximum Gasteiger partial charge on any atom is 0.332 e. The Morgan fingerprint density at radius 3 is 2.49 bits per heavy atom. The maximum atomic E-state index is 13.5. The molecule has 1 amide bonds. The summed E-state index contributed by atoms with van der Waals surface area (Å²) in [7, 11) is 0. The summed E-state index contributed by atoms with van der Waals surface area (Å²) < 4.78 is 12.3. The molecule has 4 aromatic rings. The lowest BCUT2D eigenvalue weighted by Crippen LogP contribution is -2.56. The van der Waals surface area contributed by atoms with Gasteiger partial charge in [0.05, 0.1) is 6.61 Å². The number of halogens is 2. The lowest BCUT2D eigenvalue weighted by molar-refractivity contribution is -0.150. The zero-order valence-corrected chi connectivity index (χ0v) is 21.6. The molecule has 0 radical (unpaired) electrons. The zero-order valence-electron chi connectivity index (χ0n) is 19.3. The second-order valence-corrected chi connectivity index (χ2v) is 10.1. The molecule has 5 nitrogen and oxygen atoms in total. The Balaban J connectivity index is 1.48. The maximum absolute atomic E-state index is 13.5. The number of furan rings is 1. The predicted octanol–water partition coefficient (Wildman–Crippen LogP) is 6.65. The molecule has 5 rings (SSSR count). The third-order valence-corrected chi connectivity index (χ3v) is 7.24. The molecule has 1 aliphatic rings. The fraction of sp³-hybridized carbons (Fsp3) is 0.214. The van der Waals surface area contributed by atoms with Gasteiger partial charge in [-0.1, -0.05) is 57.9 Å². The predicted molar refractivity (Wildman–Crippen MR) is 140 cm³/mol. The molecule has 178 valence electrons. The van der Waals surface area contributed by atoms with Gasteiger partial charge in [0.25, 0.3) is 5.91 Å². The van der Waals surface area contributed by atoms with Gasteiger partial charge in [0.2, 0.25) is 0 Å². The molecular formula is C28H23BrClNO4. The van der Waals surface area contributed by atoms with Crippen molar-refractivity contribution < 1.29 is 18.7 Å². The average molecular weight is 553 g/mol. The quantitative estimate of drug-likeness (QED) is 0.281. The SMILES string of the molecule is CCOC(=O)C1(NC(=O)c2oc3cc(-c4ccc(Cl)cc4)ccc3c2C)Cc2ccc(Br)cc2C1. The van der Waals surface area contributed by atoms with Gasteiger partial charge in [-0.2, -0.15) is 0 Å². The van der Waals surface area contributed by atoms with Crippen LogP contribution in [0.25, 0.3) is 22.1 Å². The monoisotopic (exact) mass is 551 g/mol. The Bertz CT molecular complexity index is 1460. The first-order chi connectivity index (χ1) is 16.8. The number of amides is 1. The summed E-state index contributed by atoms with van der Waals surface area (Å²) in [5, 5.41) is 4.49. The van der Waals surface area contributed by atoms with Crippen molar-refractivity contribution in [1.82, 2.24) is 5.32 Å². The van der Waals surface area contributed by atoms with E-state index in [1.165, 1.54) is 0 Å². The number of hydrogen-bond acceptors (Lipinski definition) is 4. The van der Waals surface area contributed by atoms with Crippen molar-refractivity contribution >= 4 is 50.4 Å². The molecule has 1 unspecified atom stereocenters. The summed E-state index contributed by atoms with van der Waals surface area (Å²) in [5.74, 6) is -0.694. The molecule has 1 aromatic heterocycles. The largest absolute Gasteiger partial charge is 0.464 e. The van der Waals surface area contributed by atoms with E-state index in [1.54, 1.807) is 6.92 Å². The van der Waals surface area contributed by atoms with Crippen LogP contribution in [-0.4, -0.2) is 24.0 Å². The summed E-state index contributed by atoms with van der Waals surface area (Å²) in [4.78, 5) is 26.6. The van der Waals surface area contributed by atoms with E-state index in [9.17, 15) is 9.59 Å². The molecule has 0 fully saturated rings. The Labute approximate surface area is 216 Å². The first-order valence-corrected chi connectivity index (χ1v) is 12.5. The second-order valence-electron chi connectivity index (χ2n) is 8.80. The number of esters is 1. The molecule has 0 aliphatic heterocycles. The Kier molecular flexibility index (Phi) is 6.20. The van der Waals surface area contributed by atoms with Gasteiger partial charge in [0.1, 0.15) is 11.1 Å². The molecule has 0 spiro atoms. The lowest BCUT2D eigenvalue weighted by atomic mass is 9.95. The number of hydrogen-bond donors (Lipinski definition) is 1. The third kappa shape index (κ3) is 4.37. The van der Waals surface area contributed by atoms with Crippen LogP contribution in [-0.2, 0) is 22.4 Å². The number of benzene rings is 3. The van der Waals surface area contributed by atoms with Crippen molar-refractivity contribution in [3.63, 3.8) is 0 Å². The normalized spacial score (nSPS) is 16.8. The summed E-state index contributed by atoms with van der Waals surface area (Å²) in [5.41, 5.74) is 4.09. The molecule has 1 heterocycles. The van der Waals surface area contributed by atoms with E-state index >= 15 is 0 Å². The molecule has 7 heteroatoms. The molecular weight excluding hydrogens is 530 g/mol. The van der Waals surface area contributed by atoms with E-state index in [0.29, 0.717) is 23.4 Å². The number of rotatable bonds is 5. The molecule has 0 bridgehead atoms. The standard InChI is InChI=1S/C28H23BrClNO4/c1-3-34-27(33)28(14-19-4-8-21(29)12-20(19)15-28)31-26(32)25-16(2)23-11-7-18(13-24(23)35-25)17-5-9-22(30)10-6-17/h4-13H,3,14-15H2,1-2H3,(H,31,32). The lowest BCUT2D eigenvalue weighted by Gasteiger charge is -2.27. The van der Waals surface area contributed by atoms with Crippen LogP contribution in [0.15, 0.2) is 69.6 Å². The number of carbonyl (C=O) groups is 2. The fourth-order valence-electron chi connectivity index (χ4n) is 4.74. The molecule has 1 N–H and O–H groups in total. The second kappa shape index (κ2) is 9.17. The highest BCUT2D eigenvalue weighted by atomic mass is 79.9. The van der Waals surface area contributed by atoms with Gasteiger partial charge in [0.15, 0.2) is 5.76 Å². The molecule has 0 saturated heterocycles. The third-order valence-electron chi connectivity index (χ3n) is 6.49. The van der Waals surface area contributed by atoms with Crippen LogP contribution in [0.2, 0.25) is 5.02 Å². The molecule has 35 heavy (non-hydrogen) atoms. The van der Waals surface area contributed by atoms with Crippen LogP contribution in [0.1, 0.15) is 34.2 Å². The first kappa shape index (κ1) is 23.6. The number of nitrogens with one attached hydrogen (secondary N) is 1. The molecule has 0 saturated carbocycles. The number of ether oxygens (including phenoxy) is 1. The van der Waals surface area contributed by atoms with E-state index in [2.05, 4.69) is 21.2 Å². The van der Waals surface area contributed by atoms with Crippen molar-refractivity contribution in [3.8, 4) is 11.1 Å². The Hall–Kier alpha value is -3.09. The smallest absolute Gasteiger partial charge is 0.332 e. The van der Waals surface area contributed by atoms with Crippen molar-refractivity contribution in [2.45, 2.75) is 32.2 Å². The van der Waals surface area contributed by atoms with Crippen LogP contribution >= 0.6 is 27.5 Å². The molecule has 1 aliphatic carbocycles. The van der Waals surface area contributed by atoms with Crippen LogP contribution in [0.4, 0.5) is 0 Å². The minimum Gasteiger partial charge on any atom is -0.464 e. The van der Waals surface area contributed by atoms with Crippen LogP contribution < -0.4 is 5.32 Å². The minimum absolute atomic E-state index is 0.189. The van der Waals surface area contributed by atoms with E-state index in [1.807, 2.05) is 67.6 Å². The molecule has 1 atom stereocenters. The fourth-order valence-corrected chi connectivity index (χ4v) is 5.27. The van der Waals surface area contributed by atoms with E-state index < -0.39 is 17.4 Å². The minimum atomic E-state index is -1.18. The van der Waals surface area contributed by atoms with E-state index in [-0.39, 0.29) is 12.4 Å². The van der Waals surface area contributed by atoms with Gasteiger partial charge in [-0.15, -0.1) is 0 Å². The van der Waals surface area contributed by atoms with Crippen LogP contribution in [0.3, 0.4) is 0 Å². The Morgan fingerprint density at radius 1 is 1.03 bits per heavy atom. The van der Waals surface area contributed by atoms with Gasteiger partial charge in [-0.3, -0.25) is 4.79 Å². The van der Waals surface area contributed by atoms with Crippen molar-refractivity contribution in [3.05, 3.63) is 92.6 Å². The zero-order chi connectivity index (χ0) is 24.7. The highest BCUT2D eigenvalue weighted by molar-refractivity contribution is 9.10. The van der Waals surface area contributed by atoms with Gasteiger partial charge in [0, 0.05) is 33.3 Å². The van der Waals surface area contributed by atoms with Gasteiger partial charge in [-0.05, 0) is 66.4 Å². The summed E-state index contributed by atoms with van der Waals surface area (Å²) >= 11 is 9.50. The number of fused-ring (bicyclic) bond motifs is 2.